The second-order valence-electron chi connectivity index (χ2n) is 7.54. The largest absolute Gasteiger partial charge is 0.379 e. The van der Waals surface area contributed by atoms with Crippen LogP contribution in [0.1, 0.15) is 6.42 Å². The maximum atomic E-state index is 13.1. The summed E-state index contributed by atoms with van der Waals surface area (Å²) in [5, 5.41) is 7.31. The first kappa shape index (κ1) is 21.4. The molecule has 4 rings (SSSR count). The van der Waals surface area contributed by atoms with Crippen molar-refractivity contribution < 1.29 is 9.13 Å². The van der Waals surface area contributed by atoms with Crippen molar-refractivity contribution in [1.29, 1.82) is 0 Å². The highest BCUT2D eigenvalue weighted by molar-refractivity contribution is 7.80. The number of thiocarbonyl (C=S) groups is 1. The summed E-state index contributed by atoms with van der Waals surface area (Å²) in [5.41, 5.74) is 1.84. The lowest BCUT2D eigenvalue weighted by Gasteiger charge is -2.36. The summed E-state index contributed by atoms with van der Waals surface area (Å²) in [7, 11) is 0. The van der Waals surface area contributed by atoms with E-state index in [0.717, 1.165) is 93.5 Å². The maximum Gasteiger partial charge on any atom is 0.185 e. The third-order valence-corrected chi connectivity index (χ3v) is 6.80. The standard InChI is InChI=1S/C21H28FN5OS2/c22-18-4-2-17(3-5-18)19-16-30-21(24-19)27-10-8-26(9-11-27)20(29)23-6-1-7-25-12-14-28-15-13-25/h2-5,16H,1,6-15H2,(H,23,29). The topological polar surface area (TPSA) is 43.9 Å². The molecule has 0 spiro atoms. The van der Waals surface area contributed by atoms with Gasteiger partial charge < -0.3 is 19.9 Å². The van der Waals surface area contributed by atoms with E-state index in [1.54, 1.807) is 23.5 Å². The number of hydrogen-bond acceptors (Lipinski definition) is 6. The van der Waals surface area contributed by atoms with Crippen LogP contribution in [0.3, 0.4) is 0 Å². The van der Waals surface area contributed by atoms with Gasteiger partial charge in [-0.1, -0.05) is 0 Å². The van der Waals surface area contributed by atoms with Gasteiger partial charge in [-0.2, -0.15) is 0 Å². The highest BCUT2D eigenvalue weighted by Gasteiger charge is 2.21. The van der Waals surface area contributed by atoms with Crippen molar-refractivity contribution >= 4 is 33.8 Å². The summed E-state index contributed by atoms with van der Waals surface area (Å²) in [6.07, 6.45) is 1.09. The van der Waals surface area contributed by atoms with Crippen molar-refractivity contribution in [1.82, 2.24) is 20.1 Å². The molecule has 0 bridgehead atoms. The van der Waals surface area contributed by atoms with Crippen molar-refractivity contribution in [2.45, 2.75) is 6.42 Å². The van der Waals surface area contributed by atoms with Crippen molar-refractivity contribution in [2.75, 3.05) is 70.5 Å². The number of aromatic nitrogens is 1. The molecule has 3 heterocycles. The second kappa shape index (κ2) is 10.5. The van der Waals surface area contributed by atoms with E-state index in [2.05, 4.69) is 20.0 Å². The molecule has 0 unspecified atom stereocenters. The molecule has 0 amide bonds. The number of ether oxygens (including phenoxy) is 1. The normalized spacial score (nSPS) is 17.9. The van der Waals surface area contributed by atoms with E-state index < -0.39 is 0 Å². The molecule has 0 radical (unpaired) electrons. The molecular weight excluding hydrogens is 421 g/mol. The van der Waals surface area contributed by atoms with Gasteiger partial charge in [0.15, 0.2) is 10.2 Å². The van der Waals surface area contributed by atoms with Crippen molar-refractivity contribution in [3.8, 4) is 11.3 Å². The molecule has 2 fully saturated rings. The minimum absolute atomic E-state index is 0.226. The number of thiazole rings is 1. The molecule has 6 nitrogen and oxygen atoms in total. The van der Waals surface area contributed by atoms with Crippen LogP contribution in [0.5, 0.6) is 0 Å². The number of benzene rings is 1. The summed E-state index contributed by atoms with van der Waals surface area (Å²) >= 11 is 7.23. The molecule has 1 N–H and O–H groups in total. The Morgan fingerprint density at radius 2 is 1.83 bits per heavy atom. The Labute approximate surface area is 186 Å². The quantitative estimate of drug-likeness (QED) is 0.537. The summed E-state index contributed by atoms with van der Waals surface area (Å²) in [6, 6.07) is 6.49. The van der Waals surface area contributed by atoms with Gasteiger partial charge in [0.25, 0.3) is 0 Å². The second-order valence-corrected chi connectivity index (χ2v) is 8.76. The zero-order valence-corrected chi connectivity index (χ0v) is 18.7. The van der Waals surface area contributed by atoms with E-state index in [4.69, 9.17) is 21.9 Å². The van der Waals surface area contributed by atoms with Gasteiger partial charge in [-0.3, -0.25) is 4.90 Å². The molecule has 2 saturated heterocycles. The van der Waals surface area contributed by atoms with E-state index in [1.807, 2.05) is 5.38 Å². The van der Waals surface area contributed by atoms with E-state index in [-0.39, 0.29) is 5.82 Å². The lowest BCUT2D eigenvalue weighted by molar-refractivity contribution is 0.0376. The highest BCUT2D eigenvalue weighted by Crippen LogP contribution is 2.28. The first-order chi connectivity index (χ1) is 14.7. The highest BCUT2D eigenvalue weighted by atomic mass is 32.1. The Hall–Kier alpha value is -1.81. The Bertz CT molecular complexity index is 817. The average molecular weight is 450 g/mol. The van der Waals surface area contributed by atoms with E-state index in [0.29, 0.717) is 0 Å². The fraction of sp³-hybridized carbons (Fsp3) is 0.524. The van der Waals surface area contributed by atoms with Crippen LogP contribution >= 0.6 is 23.6 Å². The van der Waals surface area contributed by atoms with Crippen LogP contribution in [-0.4, -0.2) is 85.5 Å². The zero-order valence-electron chi connectivity index (χ0n) is 17.1. The third-order valence-electron chi connectivity index (χ3n) is 5.50. The number of hydrogen-bond donors (Lipinski definition) is 1. The Morgan fingerprint density at radius 3 is 2.57 bits per heavy atom. The summed E-state index contributed by atoms with van der Waals surface area (Å²) in [5.74, 6) is -0.226. The van der Waals surface area contributed by atoms with Gasteiger partial charge >= 0.3 is 0 Å². The number of nitrogens with zero attached hydrogens (tertiary/aromatic N) is 4. The Kier molecular flexibility index (Phi) is 7.48. The van der Waals surface area contributed by atoms with Gasteiger partial charge in [0.2, 0.25) is 0 Å². The van der Waals surface area contributed by atoms with Crippen molar-refractivity contribution in [3.63, 3.8) is 0 Å². The van der Waals surface area contributed by atoms with E-state index in [1.165, 1.54) is 12.1 Å². The number of anilines is 1. The van der Waals surface area contributed by atoms with Crippen LogP contribution in [0, 0.1) is 5.82 Å². The Morgan fingerprint density at radius 1 is 1.10 bits per heavy atom. The smallest absolute Gasteiger partial charge is 0.185 e. The van der Waals surface area contributed by atoms with Gasteiger partial charge in [-0.25, -0.2) is 9.37 Å². The lowest BCUT2D eigenvalue weighted by Crippen LogP contribution is -2.52. The van der Waals surface area contributed by atoms with Crippen LogP contribution in [0.25, 0.3) is 11.3 Å². The molecule has 2 aliphatic heterocycles. The number of morpholine rings is 1. The first-order valence-electron chi connectivity index (χ1n) is 10.5. The predicted octanol–water partition coefficient (Wildman–Crippen LogP) is 2.67. The molecular formula is C21H28FN5OS2. The maximum absolute atomic E-state index is 13.1. The minimum Gasteiger partial charge on any atom is -0.379 e. The van der Waals surface area contributed by atoms with Gasteiger partial charge in [0, 0.05) is 56.8 Å². The minimum atomic E-state index is -0.226. The summed E-state index contributed by atoms with van der Waals surface area (Å²) in [4.78, 5) is 11.7. The fourth-order valence-electron chi connectivity index (χ4n) is 3.70. The van der Waals surface area contributed by atoms with Gasteiger partial charge in [-0.05, 0) is 49.4 Å². The lowest BCUT2D eigenvalue weighted by atomic mass is 10.2. The van der Waals surface area contributed by atoms with Crippen LogP contribution in [0.4, 0.5) is 9.52 Å². The van der Waals surface area contributed by atoms with Crippen LogP contribution in [-0.2, 0) is 4.74 Å². The van der Waals surface area contributed by atoms with E-state index in [9.17, 15) is 4.39 Å². The molecule has 0 aliphatic carbocycles. The monoisotopic (exact) mass is 449 g/mol. The van der Waals surface area contributed by atoms with Crippen molar-refractivity contribution in [3.05, 3.63) is 35.5 Å². The third kappa shape index (κ3) is 5.66. The molecule has 2 aliphatic rings. The van der Waals surface area contributed by atoms with Crippen LogP contribution in [0.15, 0.2) is 29.6 Å². The number of piperazine rings is 1. The average Bonchev–Trinajstić information content (AvgIpc) is 3.28. The molecule has 2 aromatic rings. The van der Waals surface area contributed by atoms with E-state index >= 15 is 0 Å². The zero-order chi connectivity index (χ0) is 20.8. The molecule has 30 heavy (non-hydrogen) atoms. The van der Waals surface area contributed by atoms with Crippen LogP contribution < -0.4 is 10.2 Å². The van der Waals surface area contributed by atoms with Gasteiger partial charge in [0.1, 0.15) is 5.82 Å². The molecule has 1 aromatic carbocycles. The Balaban J connectivity index is 1.19. The fourth-order valence-corrected chi connectivity index (χ4v) is 4.87. The molecule has 1 aromatic heterocycles. The number of nitrogens with one attached hydrogen (secondary N) is 1. The SMILES string of the molecule is Fc1ccc(-c2csc(N3CCN(C(=S)NCCCN4CCOCC4)CC3)n2)cc1. The first-order valence-corrected chi connectivity index (χ1v) is 11.8. The predicted molar refractivity (Wildman–Crippen MR) is 124 cm³/mol. The molecule has 0 atom stereocenters. The molecule has 162 valence electrons. The van der Waals surface area contributed by atoms with Crippen molar-refractivity contribution in [2.24, 2.45) is 0 Å². The number of rotatable bonds is 6. The van der Waals surface area contributed by atoms with Crippen LogP contribution in [0.2, 0.25) is 0 Å². The molecule has 9 heteroatoms. The number of halogens is 1. The summed E-state index contributed by atoms with van der Waals surface area (Å²) in [6.45, 7) is 9.33. The molecule has 0 saturated carbocycles. The van der Waals surface area contributed by atoms with Gasteiger partial charge in [0.05, 0.1) is 18.9 Å². The van der Waals surface area contributed by atoms with Gasteiger partial charge in [-0.15, -0.1) is 11.3 Å². The summed E-state index contributed by atoms with van der Waals surface area (Å²) < 4.78 is 18.5.